The van der Waals surface area contributed by atoms with Gasteiger partial charge in [0.05, 0.1) is 13.2 Å². The Morgan fingerprint density at radius 1 is 1.08 bits per heavy atom. The van der Waals surface area contributed by atoms with Crippen LogP contribution in [0, 0.1) is 0 Å². The molecule has 136 valence electrons. The molecule has 0 atom stereocenters. The lowest BCUT2D eigenvalue weighted by Crippen LogP contribution is -2.40. The van der Waals surface area contributed by atoms with Crippen LogP contribution >= 0.6 is 0 Å². The number of hydrogen-bond donors (Lipinski definition) is 1. The zero-order valence-electron chi connectivity index (χ0n) is 15.0. The number of hydrogen-bond acceptors (Lipinski definition) is 3. The van der Waals surface area contributed by atoms with Crippen molar-refractivity contribution >= 4 is 11.8 Å². The molecule has 0 saturated carbocycles. The molecule has 5 heteroatoms. The Labute approximate surface area is 154 Å². The van der Waals surface area contributed by atoms with Gasteiger partial charge in [-0.15, -0.1) is 0 Å². The molecule has 2 aromatic carbocycles. The highest BCUT2D eigenvalue weighted by atomic mass is 16.5. The summed E-state index contributed by atoms with van der Waals surface area (Å²) in [6, 6.07) is 15.6. The Balaban J connectivity index is 1.84. The molecule has 26 heavy (non-hydrogen) atoms. The minimum absolute atomic E-state index is 0.0241. The summed E-state index contributed by atoms with van der Waals surface area (Å²) in [5.41, 5.74) is 3.72. The van der Waals surface area contributed by atoms with E-state index in [2.05, 4.69) is 5.32 Å². The van der Waals surface area contributed by atoms with Crippen molar-refractivity contribution in [3.63, 3.8) is 0 Å². The zero-order chi connectivity index (χ0) is 18.4. The number of carbonyl (C=O) groups excluding carboxylic acids is 2. The number of carbonyl (C=O) groups is 2. The molecule has 1 N–H and O–H groups in total. The summed E-state index contributed by atoms with van der Waals surface area (Å²) in [5.74, 6) is 0.0583. The van der Waals surface area contributed by atoms with Crippen LogP contribution in [0.25, 0.3) is 11.1 Å². The van der Waals surface area contributed by atoms with Gasteiger partial charge in [0, 0.05) is 31.6 Å². The summed E-state index contributed by atoms with van der Waals surface area (Å²) >= 11 is 0. The number of nitrogens with zero attached hydrogens (tertiary/aromatic N) is 1. The predicted molar refractivity (Wildman–Crippen MR) is 101 cm³/mol. The quantitative estimate of drug-likeness (QED) is 0.900. The lowest BCUT2D eigenvalue weighted by Gasteiger charge is -2.27. The lowest BCUT2D eigenvalue weighted by molar-refractivity contribution is -0.120. The van der Waals surface area contributed by atoms with E-state index in [4.69, 9.17) is 4.74 Å². The van der Waals surface area contributed by atoms with E-state index in [1.807, 2.05) is 60.4 Å². The lowest BCUT2D eigenvalue weighted by atomic mass is 9.97. The molecular weight excluding hydrogens is 328 g/mol. The molecule has 1 saturated heterocycles. The van der Waals surface area contributed by atoms with Crippen LogP contribution < -0.4 is 5.32 Å². The number of benzene rings is 2. The monoisotopic (exact) mass is 352 g/mol. The first-order chi connectivity index (χ1) is 12.7. The van der Waals surface area contributed by atoms with Gasteiger partial charge in [-0.25, -0.2) is 0 Å². The molecule has 3 rings (SSSR count). The van der Waals surface area contributed by atoms with Crippen molar-refractivity contribution in [3.05, 3.63) is 59.7 Å². The second-order valence-corrected chi connectivity index (χ2v) is 6.27. The number of rotatable bonds is 5. The first-order valence-electron chi connectivity index (χ1n) is 9.01. The molecule has 1 aliphatic heterocycles. The molecule has 1 heterocycles. The van der Waals surface area contributed by atoms with Gasteiger partial charge in [-0.05, 0) is 28.8 Å². The van der Waals surface area contributed by atoms with E-state index in [1.54, 1.807) is 0 Å². The fraction of sp³-hybridized carbons (Fsp3) is 0.333. The summed E-state index contributed by atoms with van der Waals surface area (Å²) < 4.78 is 5.32. The van der Waals surface area contributed by atoms with Gasteiger partial charge in [0.15, 0.2) is 0 Å². The van der Waals surface area contributed by atoms with E-state index in [1.165, 1.54) is 0 Å². The topological polar surface area (TPSA) is 58.6 Å². The highest BCUT2D eigenvalue weighted by molar-refractivity contribution is 5.95. The van der Waals surface area contributed by atoms with Crippen molar-refractivity contribution in [2.45, 2.75) is 19.9 Å². The van der Waals surface area contributed by atoms with Gasteiger partial charge in [0.2, 0.25) is 5.91 Å². The maximum absolute atomic E-state index is 12.7. The minimum atomic E-state index is 0.0241. The SMILES string of the molecule is CCC(=O)NCc1ccccc1-c1cccc(C(=O)N2CCOCC2)c1. The van der Waals surface area contributed by atoms with Crippen molar-refractivity contribution in [2.75, 3.05) is 26.3 Å². The number of ether oxygens (including phenoxy) is 1. The van der Waals surface area contributed by atoms with Gasteiger partial charge in [-0.2, -0.15) is 0 Å². The molecule has 5 nitrogen and oxygen atoms in total. The van der Waals surface area contributed by atoms with Crippen LogP contribution in [0.5, 0.6) is 0 Å². The third kappa shape index (κ3) is 4.29. The fourth-order valence-corrected chi connectivity index (χ4v) is 3.04. The van der Waals surface area contributed by atoms with Crippen molar-refractivity contribution in [2.24, 2.45) is 0 Å². The Hall–Kier alpha value is -2.66. The maximum Gasteiger partial charge on any atom is 0.254 e. The van der Waals surface area contributed by atoms with Crippen molar-refractivity contribution in [1.29, 1.82) is 0 Å². The van der Waals surface area contributed by atoms with Crippen molar-refractivity contribution < 1.29 is 14.3 Å². The van der Waals surface area contributed by atoms with Crippen LogP contribution in [0.3, 0.4) is 0 Å². The van der Waals surface area contributed by atoms with Gasteiger partial charge in [0.25, 0.3) is 5.91 Å². The smallest absolute Gasteiger partial charge is 0.254 e. The molecule has 0 bridgehead atoms. The van der Waals surface area contributed by atoms with E-state index in [0.717, 1.165) is 16.7 Å². The average Bonchev–Trinajstić information content (AvgIpc) is 2.72. The molecule has 2 aromatic rings. The molecule has 0 aliphatic carbocycles. The predicted octanol–water partition coefficient (Wildman–Crippen LogP) is 2.85. The maximum atomic E-state index is 12.7. The average molecular weight is 352 g/mol. The summed E-state index contributed by atoms with van der Waals surface area (Å²) in [4.78, 5) is 26.1. The van der Waals surface area contributed by atoms with Gasteiger partial charge in [-0.1, -0.05) is 43.3 Å². The molecule has 1 fully saturated rings. The number of morpholine rings is 1. The van der Waals surface area contributed by atoms with Crippen LogP contribution in [0.2, 0.25) is 0 Å². The largest absolute Gasteiger partial charge is 0.378 e. The zero-order valence-corrected chi connectivity index (χ0v) is 15.0. The molecular formula is C21H24N2O3. The van der Waals surface area contributed by atoms with Crippen molar-refractivity contribution in [1.82, 2.24) is 10.2 Å². The van der Waals surface area contributed by atoms with E-state index in [9.17, 15) is 9.59 Å². The highest BCUT2D eigenvalue weighted by Crippen LogP contribution is 2.25. The fourth-order valence-electron chi connectivity index (χ4n) is 3.04. The van der Waals surface area contributed by atoms with E-state index in [-0.39, 0.29) is 11.8 Å². The summed E-state index contributed by atoms with van der Waals surface area (Å²) in [7, 11) is 0. The van der Waals surface area contributed by atoms with E-state index < -0.39 is 0 Å². The van der Waals surface area contributed by atoms with Crippen molar-refractivity contribution in [3.8, 4) is 11.1 Å². The van der Waals surface area contributed by atoms with Gasteiger partial charge in [-0.3, -0.25) is 9.59 Å². The molecule has 0 aromatic heterocycles. The molecule has 2 amide bonds. The standard InChI is InChI=1S/C21H24N2O3/c1-2-20(24)22-15-18-6-3-4-9-19(18)16-7-5-8-17(14-16)21(25)23-10-12-26-13-11-23/h3-9,14H,2,10-13,15H2,1H3,(H,22,24). The molecule has 0 unspecified atom stereocenters. The molecule has 0 spiro atoms. The third-order valence-electron chi connectivity index (χ3n) is 4.53. The van der Waals surface area contributed by atoms with Crippen LogP contribution in [-0.4, -0.2) is 43.0 Å². The van der Waals surface area contributed by atoms with Gasteiger partial charge >= 0.3 is 0 Å². The van der Waals surface area contributed by atoms with Crippen LogP contribution in [0.4, 0.5) is 0 Å². The Bertz CT molecular complexity index is 782. The first-order valence-corrected chi connectivity index (χ1v) is 9.01. The number of nitrogens with one attached hydrogen (secondary N) is 1. The van der Waals surface area contributed by atoms with Gasteiger partial charge in [0.1, 0.15) is 0 Å². The first kappa shape index (κ1) is 18.1. The third-order valence-corrected chi connectivity index (χ3v) is 4.53. The summed E-state index contributed by atoms with van der Waals surface area (Å²) in [6.45, 7) is 4.74. The molecule has 0 radical (unpaired) electrons. The minimum Gasteiger partial charge on any atom is -0.378 e. The van der Waals surface area contributed by atoms with E-state index in [0.29, 0.717) is 44.8 Å². The van der Waals surface area contributed by atoms with Crippen LogP contribution in [0.1, 0.15) is 29.3 Å². The Morgan fingerprint density at radius 2 is 1.85 bits per heavy atom. The summed E-state index contributed by atoms with van der Waals surface area (Å²) in [6.07, 6.45) is 0.464. The second kappa shape index (κ2) is 8.63. The van der Waals surface area contributed by atoms with E-state index >= 15 is 0 Å². The number of amides is 2. The van der Waals surface area contributed by atoms with Crippen LogP contribution in [0.15, 0.2) is 48.5 Å². The normalized spacial score (nSPS) is 14.1. The van der Waals surface area contributed by atoms with Crippen LogP contribution in [-0.2, 0) is 16.1 Å². The Morgan fingerprint density at radius 3 is 2.62 bits per heavy atom. The second-order valence-electron chi connectivity index (χ2n) is 6.27. The Kier molecular flexibility index (Phi) is 6.02. The summed E-state index contributed by atoms with van der Waals surface area (Å²) in [5, 5.41) is 2.92. The molecule has 1 aliphatic rings. The highest BCUT2D eigenvalue weighted by Gasteiger charge is 2.19. The van der Waals surface area contributed by atoms with Gasteiger partial charge < -0.3 is 15.0 Å².